The van der Waals surface area contributed by atoms with Gasteiger partial charge in [-0.3, -0.25) is 9.36 Å². The molecule has 1 atom stereocenters. The summed E-state index contributed by atoms with van der Waals surface area (Å²) in [6, 6.07) is 26.7. The molecule has 1 aliphatic heterocycles. The Morgan fingerprint density at radius 1 is 0.862 bits per heavy atom. The highest BCUT2D eigenvalue weighted by Crippen LogP contribution is 2.64. The van der Waals surface area contributed by atoms with E-state index in [4.69, 9.17) is 4.98 Å². The van der Waals surface area contributed by atoms with Gasteiger partial charge in [0.05, 0.1) is 16.1 Å². The minimum Gasteiger partial charge on any atom is -0.313 e. The third-order valence-corrected chi connectivity index (χ3v) is 9.96. The highest BCUT2D eigenvalue weighted by molar-refractivity contribution is 7.79. The largest absolute Gasteiger partial charge is 0.313 e. The SMILES string of the molecule is C[C@@]1(P(=O)(c2ccccc2)c2ccccc2)CCn2c1nc1ccccc1c2=O. The van der Waals surface area contributed by atoms with Gasteiger partial charge in [-0.1, -0.05) is 72.8 Å². The first-order chi connectivity index (χ1) is 14.1. The van der Waals surface area contributed by atoms with Gasteiger partial charge in [-0.15, -0.1) is 0 Å². The Kier molecular flexibility index (Phi) is 4.07. The zero-order valence-corrected chi connectivity index (χ0v) is 17.0. The van der Waals surface area contributed by atoms with Gasteiger partial charge in [0.15, 0.2) is 7.14 Å². The van der Waals surface area contributed by atoms with Crippen molar-refractivity contribution in [2.75, 3.05) is 0 Å². The number of hydrogen-bond donors (Lipinski definition) is 0. The van der Waals surface area contributed by atoms with Crippen molar-refractivity contribution in [1.82, 2.24) is 9.55 Å². The van der Waals surface area contributed by atoms with E-state index in [0.29, 0.717) is 29.7 Å². The van der Waals surface area contributed by atoms with Crippen LogP contribution in [0, 0.1) is 0 Å². The maximum Gasteiger partial charge on any atom is 0.261 e. The summed E-state index contributed by atoms with van der Waals surface area (Å²) >= 11 is 0. The van der Waals surface area contributed by atoms with Crippen molar-refractivity contribution >= 4 is 28.7 Å². The van der Waals surface area contributed by atoms with Crippen molar-refractivity contribution in [3.8, 4) is 0 Å². The Morgan fingerprint density at radius 2 is 1.41 bits per heavy atom. The van der Waals surface area contributed by atoms with Crippen molar-refractivity contribution in [3.05, 3.63) is 101 Å². The molecule has 0 amide bonds. The van der Waals surface area contributed by atoms with Gasteiger partial charge in [0.25, 0.3) is 5.56 Å². The number of para-hydroxylation sites is 1. The summed E-state index contributed by atoms with van der Waals surface area (Å²) in [6.07, 6.45) is 0.604. The van der Waals surface area contributed by atoms with E-state index in [1.807, 2.05) is 91.9 Å². The number of fused-ring (bicyclic) bond motifs is 2. The van der Waals surface area contributed by atoms with E-state index in [-0.39, 0.29) is 5.56 Å². The van der Waals surface area contributed by atoms with Crippen LogP contribution in [0.1, 0.15) is 19.2 Å². The molecule has 0 bridgehead atoms. The first-order valence-electron chi connectivity index (χ1n) is 9.77. The molecule has 0 saturated carbocycles. The molecule has 4 aromatic rings. The van der Waals surface area contributed by atoms with Crippen LogP contribution in [0.2, 0.25) is 0 Å². The molecule has 2 heterocycles. The van der Waals surface area contributed by atoms with Gasteiger partial charge in [-0.05, 0) is 25.5 Å². The average molecular weight is 400 g/mol. The molecule has 0 fully saturated rings. The Hall–Kier alpha value is -2.97. The summed E-state index contributed by atoms with van der Waals surface area (Å²) in [5, 5.41) is 1.43. The van der Waals surface area contributed by atoms with E-state index in [1.165, 1.54) is 0 Å². The lowest BCUT2D eigenvalue weighted by Gasteiger charge is -2.34. The highest BCUT2D eigenvalue weighted by Gasteiger charge is 2.53. The summed E-state index contributed by atoms with van der Waals surface area (Å²) in [6.45, 7) is 2.53. The standard InChI is InChI=1S/C24H21N2O2P/c1-24(16-17-26-22(27)20-14-8-9-15-21(20)25-23(24)26)29(28,18-10-4-2-5-11-18)19-12-6-3-7-13-19/h2-15H,16-17H2,1H3/t24-/m1/s1. The molecule has 3 aromatic carbocycles. The van der Waals surface area contributed by atoms with E-state index in [1.54, 1.807) is 4.57 Å². The third kappa shape index (κ3) is 2.49. The molecule has 29 heavy (non-hydrogen) atoms. The second-order valence-corrected chi connectivity index (χ2v) is 11.0. The predicted molar refractivity (Wildman–Crippen MR) is 118 cm³/mol. The van der Waals surface area contributed by atoms with E-state index in [2.05, 4.69) is 0 Å². The molecule has 0 saturated heterocycles. The van der Waals surface area contributed by atoms with Gasteiger partial charge in [0.2, 0.25) is 0 Å². The summed E-state index contributed by atoms with van der Waals surface area (Å²) in [5.41, 5.74) is 0.603. The third-order valence-electron chi connectivity index (χ3n) is 6.10. The molecule has 0 aliphatic carbocycles. The predicted octanol–water partition coefficient (Wildman–Crippen LogP) is 4.03. The zero-order valence-electron chi connectivity index (χ0n) is 16.2. The van der Waals surface area contributed by atoms with Crippen molar-refractivity contribution in [3.63, 3.8) is 0 Å². The second-order valence-electron chi connectivity index (χ2n) is 7.71. The molecule has 5 heteroatoms. The van der Waals surface area contributed by atoms with E-state index < -0.39 is 12.3 Å². The fourth-order valence-corrected chi connectivity index (χ4v) is 8.01. The number of aromatic nitrogens is 2. The maximum absolute atomic E-state index is 15.0. The van der Waals surface area contributed by atoms with Crippen LogP contribution in [-0.4, -0.2) is 9.55 Å². The molecular weight excluding hydrogens is 379 g/mol. The molecule has 5 rings (SSSR count). The molecule has 0 radical (unpaired) electrons. The summed E-state index contributed by atoms with van der Waals surface area (Å²) in [5.74, 6) is 0.622. The zero-order chi connectivity index (χ0) is 20.1. The summed E-state index contributed by atoms with van der Waals surface area (Å²) in [4.78, 5) is 18.0. The monoisotopic (exact) mass is 400 g/mol. The fourth-order valence-electron chi connectivity index (χ4n) is 4.52. The van der Waals surface area contributed by atoms with Gasteiger partial charge in [0.1, 0.15) is 5.82 Å². The topological polar surface area (TPSA) is 52.0 Å². The summed E-state index contributed by atoms with van der Waals surface area (Å²) in [7, 11) is -3.14. The molecule has 144 valence electrons. The van der Waals surface area contributed by atoms with Gasteiger partial charge < -0.3 is 4.57 Å². The van der Waals surface area contributed by atoms with Gasteiger partial charge in [0, 0.05) is 17.2 Å². The van der Waals surface area contributed by atoms with Gasteiger partial charge in [-0.25, -0.2) is 4.98 Å². The summed E-state index contributed by atoms with van der Waals surface area (Å²) < 4.78 is 16.7. The maximum atomic E-state index is 15.0. The molecule has 1 aliphatic rings. The van der Waals surface area contributed by atoms with Crippen molar-refractivity contribution in [2.24, 2.45) is 0 Å². The molecule has 0 spiro atoms. The van der Waals surface area contributed by atoms with Crippen LogP contribution in [-0.2, 0) is 16.3 Å². The Morgan fingerprint density at radius 3 is 2.03 bits per heavy atom. The minimum absolute atomic E-state index is 0.0537. The minimum atomic E-state index is -3.14. The van der Waals surface area contributed by atoms with Crippen LogP contribution in [0.3, 0.4) is 0 Å². The number of hydrogen-bond acceptors (Lipinski definition) is 3. The van der Waals surface area contributed by atoms with Crippen LogP contribution < -0.4 is 16.2 Å². The lowest BCUT2D eigenvalue weighted by Crippen LogP contribution is -2.34. The number of nitrogens with zero attached hydrogens (tertiary/aromatic N) is 2. The van der Waals surface area contributed by atoms with Crippen LogP contribution in [0.25, 0.3) is 10.9 Å². The van der Waals surface area contributed by atoms with Crippen LogP contribution in [0.15, 0.2) is 89.7 Å². The first-order valence-corrected chi connectivity index (χ1v) is 11.5. The van der Waals surface area contributed by atoms with Crippen LogP contribution >= 0.6 is 7.14 Å². The average Bonchev–Trinajstić information content (AvgIpc) is 3.13. The molecule has 0 N–H and O–H groups in total. The normalized spacial score (nSPS) is 18.7. The second kappa shape index (κ2) is 6.53. The smallest absolute Gasteiger partial charge is 0.261 e. The van der Waals surface area contributed by atoms with E-state index >= 15 is 0 Å². The number of rotatable bonds is 3. The van der Waals surface area contributed by atoms with Crippen molar-refractivity contribution in [1.29, 1.82) is 0 Å². The van der Waals surface area contributed by atoms with Crippen LogP contribution in [0.4, 0.5) is 0 Å². The quantitative estimate of drug-likeness (QED) is 0.488. The lowest BCUT2D eigenvalue weighted by molar-refractivity contribution is 0.541. The van der Waals surface area contributed by atoms with Gasteiger partial charge in [-0.2, -0.15) is 0 Å². The fraction of sp³-hybridized carbons (Fsp3) is 0.167. The van der Waals surface area contributed by atoms with E-state index in [9.17, 15) is 9.36 Å². The van der Waals surface area contributed by atoms with E-state index in [0.717, 1.165) is 10.6 Å². The number of benzene rings is 3. The molecule has 0 unspecified atom stereocenters. The van der Waals surface area contributed by atoms with Crippen LogP contribution in [0.5, 0.6) is 0 Å². The van der Waals surface area contributed by atoms with Crippen molar-refractivity contribution < 1.29 is 4.57 Å². The van der Waals surface area contributed by atoms with Gasteiger partial charge >= 0.3 is 0 Å². The van der Waals surface area contributed by atoms with Crippen molar-refractivity contribution in [2.45, 2.75) is 25.0 Å². The molecule has 1 aromatic heterocycles. The highest BCUT2D eigenvalue weighted by atomic mass is 31.2. The molecular formula is C24H21N2O2P. The first kappa shape index (κ1) is 18.1. The Labute approximate surface area is 169 Å². The lowest BCUT2D eigenvalue weighted by atomic mass is 10.1. The Balaban J connectivity index is 1.84. The Bertz CT molecular complexity index is 1270. The molecule has 4 nitrogen and oxygen atoms in total.